The van der Waals surface area contributed by atoms with E-state index < -0.39 is 0 Å². The van der Waals surface area contributed by atoms with E-state index in [-0.39, 0.29) is 17.5 Å². The quantitative estimate of drug-likeness (QED) is 0.541. The van der Waals surface area contributed by atoms with Crippen LogP contribution in [-0.2, 0) is 6.54 Å². The Morgan fingerprint density at radius 1 is 1.23 bits per heavy atom. The minimum atomic E-state index is -0.184. The first-order valence-electron chi connectivity index (χ1n) is 11.6. The second kappa shape index (κ2) is 10.8. The number of nitrogen functional groups attached to an aromatic ring is 1. The van der Waals surface area contributed by atoms with E-state index in [4.69, 9.17) is 10.5 Å². The molecular weight excluding hydrogens is 380 g/mol. The standard InChI is InChI=1S/C22H38N6O2/c1-4-5-14-30-21-25-19(23)18-20(26-21)28(22(29)24-18)13-8-6-7-10-17-11-9-12-27(15-17)16(2)3/h16-17H,4-15H2,1-3H3,(H,24,29)(H2,23,25,26). The maximum atomic E-state index is 12.4. The normalized spacial score (nSPS) is 17.8. The van der Waals surface area contributed by atoms with Crippen LogP contribution >= 0.6 is 0 Å². The van der Waals surface area contributed by atoms with Crippen LogP contribution in [0, 0.1) is 5.92 Å². The molecule has 8 heteroatoms. The van der Waals surface area contributed by atoms with Crippen molar-refractivity contribution in [2.45, 2.75) is 84.7 Å². The SMILES string of the molecule is CCCCOc1nc(N)c2[nH]c(=O)n(CCCCCC3CCCN(C(C)C)C3)c2n1. The minimum Gasteiger partial charge on any atom is -0.463 e. The largest absolute Gasteiger partial charge is 0.463 e. The summed E-state index contributed by atoms with van der Waals surface area (Å²) in [5.74, 6) is 1.07. The fourth-order valence-corrected chi connectivity index (χ4v) is 4.29. The highest BCUT2D eigenvalue weighted by Gasteiger charge is 2.21. The van der Waals surface area contributed by atoms with Gasteiger partial charge in [-0.2, -0.15) is 9.97 Å². The number of piperidine rings is 1. The van der Waals surface area contributed by atoms with Crippen LogP contribution in [0.25, 0.3) is 11.2 Å². The monoisotopic (exact) mass is 418 g/mol. The molecule has 0 saturated carbocycles. The number of hydrogen-bond acceptors (Lipinski definition) is 6. The number of nitrogens with one attached hydrogen (secondary N) is 1. The van der Waals surface area contributed by atoms with E-state index in [0.29, 0.717) is 30.4 Å². The van der Waals surface area contributed by atoms with Crippen molar-refractivity contribution >= 4 is 17.0 Å². The zero-order valence-corrected chi connectivity index (χ0v) is 18.8. The number of likely N-dealkylation sites (tertiary alicyclic amines) is 1. The van der Waals surface area contributed by atoms with Gasteiger partial charge in [0.05, 0.1) is 6.61 Å². The van der Waals surface area contributed by atoms with Gasteiger partial charge in [0.1, 0.15) is 5.52 Å². The summed E-state index contributed by atoms with van der Waals surface area (Å²) in [5.41, 5.74) is 6.87. The van der Waals surface area contributed by atoms with Crippen LogP contribution in [0.3, 0.4) is 0 Å². The van der Waals surface area contributed by atoms with Crippen LogP contribution in [0.15, 0.2) is 4.79 Å². The number of nitrogens with zero attached hydrogens (tertiary/aromatic N) is 4. The van der Waals surface area contributed by atoms with Crippen LogP contribution < -0.4 is 16.2 Å². The molecule has 30 heavy (non-hydrogen) atoms. The molecule has 1 aliphatic heterocycles. The van der Waals surface area contributed by atoms with Gasteiger partial charge in [-0.1, -0.05) is 26.2 Å². The Kier molecular flexibility index (Phi) is 8.13. The van der Waals surface area contributed by atoms with Gasteiger partial charge in [-0.3, -0.25) is 4.57 Å². The Labute approximate surface area is 179 Å². The molecule has 8 nitrogen and oxygen atoms in total. The first-order chi connectivity index (χ1) is 14.5. The zero-order valence-electron chi connectivity index (χ0n) is 18.8. The lowest BCUT2D eigenvalue weighted by atomic mass is 9.92. The van der Waals surface area contributed by atoms with Gasteiger partial charge in [0.15, 0.2) is 11.5 Å². The number of nitrogens with two attached hydrogens (primary N) is 1. The summed E-state index contributed by atoms with van der Waals surface area (Å²) < 4.78 is 7.27. The number of imidazole rings is 1. The molecule has 168 valence electrons. The molecule has 0 aromatic carbocycles. The summed E-state index contributed by atoms with van der Waals surface area (Å²) in [6.07, 6.45) is 9.16. The van der Waals surface area contributed by atoms with Gasteiger partial charge in [-0.25, -0.2) is 4.79 Å². The lowest BCUT2D eigenvalue weighted by Crippen LogP contribution is -2.39. The van der Waals surface area contributed by atoms with E-state index in [1.54, 1.807) is 4.57 Å². The fraction of sp³-hybridized carbons (Fsp3) is 0.773. The van der Waals surface area contributed by atoms with Crippen LogP contribution in [-0.4, -0.2) is 50.2 Å². The first-order valence-corrected chi connectivity index (χ1v) is 11.6. The Balaban J connectivity index is 1.53. The van der Waals surface area contributed by atoms with E-state index in [1.807, 2.05) is 0 Å². The van der Waals surface area contributed by atoms with E-state index in [9.17, 15) is 4.79 Å². The highest BCUT2D eigenvalue weighted by atomic mass is 16.5. The number of ether oxygens (including phenoxy) is 1. The van der Waals surface area contributed by atoms with Gasteiger partial charge in [0.2, 0.25) is 0 Å². The number of H-pyrrole nitrogens is 1. The third-order valence-electron chi connectivity index (χ3n) is 6.13. The molecule has 1 fully saturated rings. The molecule has 2 aromatic heterocycles. The summed E-state index contributed by atoms with van der Waals surface area (Å²) in [5, 5.41) is 0. The maximum absolute atomic E-state index is 12.4. The number of fused-ring (bicyclic) bond motifs is 1. The van der Waals surface area contributed by atoms with Crippen molar-refractivity contribution in [1.82, 2.24) is 24.4 Å². The average molecular weight is 419 g/mol. The summed E-state index contributed by atoms with van der Waals surface area (Å²) in [6, 6.07) is 0.889. The third-order valence-corrected chi connectivity index (χ3v) is 6.13. The van der Waals surface area contributed by atoms with Gasteiger partial charge in [-0.15, -0.1) is 0 Å². The number of rotatable bonds is 11. The van der Waals surface area contributed by atoms with Crippen molar-refractivity contribution in [2.75, 3.05) is 25.4 Å². The molecule has 1 saturated heterocycles. The number of unbranched alkanes of at least 4 members (excludes halogenated alkanes) is 3. The minimum absolute atomic E-state index is 0.184. The Bertz CT molecular complexity index is 859. The summed E-state index contributed by atoms with van der Waals surface area (Å²) >= 11 is 0. The maximum Gasteiger partial charge on any atom is 0.327 e. The molecule has 0 amide bonds. The molecule has 1 atom stereocenters. The smallest absolute Gasteiger partial charge is 0.327 e. The summed E-state index contributed by atoms with van der Waals surface area (Å²) in [6.45, 7) is 10.3. The first kappa shape index (κ1) is 22.6. The lowest BCUT2D eigenvalue weighted by molar-refractivity contribution is 0.133. The predicted octanol–water partition coefficient (Wildman–Crippen LogP) is 3.56. The Morgan fingerprint density at radius 2 is 2.07 bits per heavy atom. The molecule has 1 unspecified atom stereocenters. The highest BCUT2D eigenvalue weighted by molar-refractivity contribution is 5.81. The van der Waals surface area contributed by atoms with Crippen LogP contribution in [0.1, 0.15) is 72.1 Å². The van der Waals surface area contributed by atoms with Crippen molar-refractivity contribution in [3.8, 4) is 6.01 Å². The third kappa shape index (κ3) is 5.74. The molecule has 0 spiro atoms. The molecule has 0 bridgehead atoms. The second-order valence-electron chi connectivity index (χ2n) is 8.82. The van der Waals surface area contributed by atoms with Crippen molar-refractivity contribution < 1.29 is 4.74 Å². The highest BCUT2D eigenvalue weighted by Crippen LogP contribution is 2.24. The molecule has 3 N–H and O–H groups in total. The number of aromatic nitrogens is 4. The zero-order chi connectivity index (χ0) is 21.5. The molecule has 0 radical (unpaired) electrons. The molecule has 2 aromatic rings. The predicted molar refractivity (Wildman–Crippen MR) is 121 cm³/mol. The van der Waals surface area contributed by atoms with Gasteiger partial charge < -0.3 is 20.4 Å². The van der Waals surface area contributed by atoms with Crippen molar-refractivity contribution in [3.05, 3.63) is 10.5 Å². The van der Waals surface area contributed by atoms with Crippen LogP contribution in [0.4, 0.5) is 5.82 Å². The van der Waals surface area contributed by atoms with Gasteiger partial charge in [0, 0.05) is 19.1 Å². The van der Waals surface area contributed by atoms with Gasteiger partial charge >= 0.3 is 11.7 Å². The Hall–Kier alpha value is -2.09. The van der Waals surface area contributed by atoms with E-state index in [2.05, 4.69) is 40.6 Å². The van der Waals surface area contributed by atoms with Crippen molar-refractivity contribution in [2.24, 2.45) is 5.92 Å². The number of hydrogen-bond donors (Lipinski definition) is 2. The van der Waals surface area contributed by atoms with Crippen molar-refractivity contribution in [3.63, 3.8) is 0 Å². The van der Waals surface area contributed by atoms with Crippen molar-refractivity contribution in [1.29, 1.82) is 0 Å². The number of anilines is 1. The summed E-state index contributed by atoms with van der Waals surface area (Å²) in [4.78, 5) is 26.4. The fourth-order valence-electron chi connectivity index (χ4n) is 4.29. The van der Waals surface area contributed by atoms with Crippen LogP contribution in [0.2, 0.25) is 0 Å². The molecule has 1 aliphatic rings. The number of aryl methyl sites for hydroxylation is 1. The Morgan fingerprint density at radius 3 is 2.83 bits per heavy atom. The van der Waals surface area contributed by atoms with E-state index in [1.165, 1.54) is 38.8 Å². The number of aromatic amines is 1. The average Bonchev–Trinajstić information content (AvgIpc) is 3.04. The van der Waals surface area contributed by atoms with Crippen LogP contribution in [0.5, 0.6) is 6.01 Å². The molecule has 0 aliphatic carbocycles. The van der Waals surface area contributed by atoms with E-state index >= 15 is 0 Å². The van der Waals surface area contributed by atoms with Gasteiger partial charge in [-0.05, 0) is 58.4 Å². The summed E-state index contributed by atoms with van der Waals surface area (Å²) in [7, 11) is 0. The van der Waals surface area contributed by atoms with Gasteiger partial charge in [0.25, 0.3) is 0 Å². The lowest BCUT2D eigenvalue weighted by Gasteiger charge is -2.35. The van der Waals surface area contributed by atoms with E-state index in [0.717, 1.165) is 31.6 Å². The molecule has 3 rings (SSSR count). The molecule has 3 heterocycles. The second-order valence-corrected chi connectivity index (χ2v) is 8.82. The topological polar surface area (TPSA) is 102 Å². The molecular formula is C22H38N6O2.